The maximum absolute atomic E-state index is 12.8. The molecule has 1 aromatic heterocycles. The second-order valence-electron chi connectivity index (χ2n) is 7.05. The first-order chi connectivity index (χ1) is 13.1. The summed E-state index contributed by atoms with van der Waals surface area (Å²) < 4.78 is 29.4. The van der Waals surface area contributed by atoms with Gasteiger partial charge in [0.25, 0.3) is 0 Å². The van der Waals surface area contributed by atoms with Crippen molar-refractivity contribution in [1.29, 1.82) is 0 Å². The van der Waals surface area contributed by atoms with Crippen molar-refractivity contribution in [1.82, 2.24) is 8.87 Å². The molecule has 27 heavy (non-hydrogen) atoms. The minimum atomic E-state index is -3.38. The Labute approximate surface area is 160 Å². The molecule has 3 aromatic rings. The summed E-state index contributed by atoms with van der Waals surface area (Å²) >= 11 is 0. The molecular formula is C22H22N2O2S. The van der Waals surface area contributed by atoms with Gasteiger partial charge in [0.1, 0.15) is 0 Å². The first kappa shape index (κ1) is 17.8. The number of rotatable bonds is 4. The number of piperidine rings is 1. The summed E-state index contributed by atoms with van der Waals surface area (Å²) in [6.07, 6.45) is 9.31. The largest absolute Gasteiger partial charge is 0.347 e. The van der Waals surface area contributed by atoms with Crippen molar-refractivity contribution in [3.05, 3.63) is 66.4 Å². The molecule has 0 atom stereocenters. The van der Waals surface area contributed by atoms with Gasteiger partial charge < -0.3 is 4.57 Å². The molecule has 1 aliphatic rings. The number of terminal acetylenes is 1. The molecule has 2 heterocycles. The average Bonchev–Trinajstić information content (AvgIpc) is 3.11. The number of hydrogen-bond acceptors (Lipinski definition) is 2. The lowest BCUT2D eigenvalue weighted by molar-refractivity contribution is 0.254. The minimum Gasteiger partial charge on any atom is -0.347 e. The molecule has 1 fully saturated rings. The molecule has 0 radical (unpaired) electrons. The molecule has 0 spiro atoms. The minimum absolute atomic E-state index is 0.379. The average molecular weight is 378 g/mol. The fourth-order valence-corrected chi connectivity index (χ4v) is 5.29. The SMILES string of the molecule is C#Cc1ccc2c(ccn2CC2CCN(S(=O)(=O)c3ccccc3)CC2)c1. The molecule has 138 valence electrons. The molecule has 1 saturated heterocycles. The number of hydrogen-bond donors (Lipinski definition) is 0. The summed E-state index contributed by atoms with van der Waals surface area (Å²) in [4.78, 5) is 0.379. The monoisotopic (exact) mass is 378 g/mol. The van der Waals surface area contributed by atoms with Crippen LogP contribution >= 0.6 is 0 Å². The summed E-state index contributed by atoms with van der Waals surface area (Å²) in [5.74, 6) is 3.14. The number of fused-ring (bicyclic) bond motifs is 1. The topological polar surface area (TPSA) is 42.3 Å². The highest BCUT2D eigenvalue weighted by Crippen LogP contribution is 2.26. The van der Waals surface area contributed by atoms with Gasteiger partial charge in [0, 0.05) is 42.3 Å². The second kappa shape index (κ2) is 7.22. The first-order valence-electron chi connectivity index (χ1n) is 9.18. The van der Waals surface area contributed by atoms with Gasteiger partial charge in [-0.3, -0.25) is 0 Å². The van der Waals surface area contributed by atoms with Crippen LogP contribution in [-0.2, 0) is 16.6 Å². The Bertz CT molecular complexity index is 1090. The molecule has 0 aliphatic carbocycles. The van der Waals surface area contributed by atoms with Gasteiger partial charge in [0.2, 0.25) is 10.0 Å². The van der Waals surface area contributed by atoms with E-state index in [1.807, 2.05) is 18.2 Å². The van der Waals surface area contributed by atoms with Crippen molar-refractivity contribution in [2.24, 2.45) is 5.92 Å². The number of benzene rings is 2. The second-order valence-corrected chi connectivity index (χ2v) is 8.98. The Kier molecular flexibility index (Phi) is 4.77. The summed E-state index contributed by atoms with van der Waals surface area (Å²) in [6, 6.07) is 16.8. The number of sulfonamides is 1. The lowest BCUT2D eigenvalue weighted by atomic mass is 9.98. The van der Waals surface area contributed by atoms with Gasteiger partial charge in [-0.1, -0.05) is 24.1 Å². The van der Waals surface area contributed by atoms with E-state index in [-0.39, 0.29) is 0 Å². The van der Waals surface area contributed by atoms with E-state index in [1.54, 1.807) is 28.6 Å². The molecule has 2 aromatic carbocycles. The van der Waals surface area contributed by atoms with Crippen LogP contribution in [-0.4, -0.2) is 30.4 Å². The number of nitrogens with zero attached hydrogens (tertiary/aromatic N) is 2. The van der Waals surface area contributed by atoms with E-state index >= 15 is 0 Å². The molecule has 4 rings (SSSR count). The highest BCUT2D eigenvalue weighted by Gasteiger charge is 2.29. The Morgan fingerprint density at radius 2 is 1.78 bits per heavy atom. The van der Waals surface area contributed by atoms with E-state index in [9.17, 15) is 8.42 Å². The maximum atomic E-state index is 12.8. The molecule has 0 bridgehead atoms. The third-order valence-electron chi connectivity index (χ3n) is 5.35. The fraction of sp³-hybridized carbons (Fsp3) is 0.273. The van der Waals surface area contributed by atoms with Gasteiger partial charge in [-0.05, 0) is 55.2 Å². The summed E-state index contributed by atoms with van der Waals surface area (Å²) in [5, 5.41) is 1.15. The normalized spacial score (nSPS) is 16.4. The maximum Gasteiger partial charge on any atom is 0.243 e. The van der Waals surface area contributed by atoms with Crippen LogP contribution in [0.15, 0.2) is 65.7 Å². The van der Waals surface area contributed by atoms with Crippen LogP contribution in [0.4, 0.5) is 0 Å². The van der Waals surface area contributed by atoms with Crippen molar-refractivity contribution >= 4 is 20.9 Å². The van der Waals surface area contributed by atoms with Crippen molar-refractivity contribution < 1.29 is 8.42 Å². The van der Waals surface area contributed by atoms with Crippen molar-refractivity contribution in [2.75, 3.05) is 13.1 Å². The van der Waals surface area contributed by atoms with Crippen LogP contribution in [0.2, 0.25) is 0 Å². The van der Waals surface area contributed by atoms with Gasteiger partial charge in [0.05, 0.1) is 4.90 Å². The van der Waals surface area contributed by atoms with Gasteiger partial charge >= 0.3 is 0 Å². The molecule has 5 heteroatoms. The zero-order valence-corrected chi connectivity index (χ0v) is 15.9. The standard InChI is InChI=1S/C22H22N2O2S/c1-2-18-8-9-22-20(16-18)12-13-23(22)17-19-10-14-24(15-11-19)27(25,26)21-6-4-3-5-7-21/h1,3-9,12-13,16,19H,10-11,14-15,17H2. The Morgan fingerprint density at radius 1 is 1.04 bits per heavy atom. The summed E-state index contributed by atoms with van der Waals surface area (Å²) in [5.41, 5.74) is 2.06. The zero-order chi connectivity index (χ0) is 18.9. The molecule has 0 N–H and O–H groups in total. The molecular weight excluding hydrogens is 356 g/mol. The lowest BCUT2D eigenvalue weighted by Gasteiger charge is -2.31. The fourth-order valence-electron chi connectivity index (χ4n) is 3.80. The van der Waals surface area contributed by atoms with E-state index in [0.29, 0.717) is 23.9 Å². The molecule has 1 aliphatic heterocycles. The number of aromatic nitrogens is 1. The van der Waals surface area contributed by atoms with Crippen LogP contribution in [0.25, 0.3) is 10.9 Å². The van der Waals surface area contributed by atoms with Crippen LogP contribution < -0.4 is 0 Å². The molecule has 4 nitrogen and oxygen atoms in total. The zero-order valence-electron chi connectivity index (χ0n) is 15.1. The predicted octanol–water partition coefficient (Wildman–Crippen LogP) is 3.72. The first-order valence-corrected chi connectivity index (χ1v) is 10.6. The van der Waals surface area contributed by atoms with Crippen LogP contribution in [0.5, 0.6) is 0 Å². The summed E-state index contributed by atoms with van der Waals surface area (Å²) in [6.45, 7) is 2.04. The van der Waals surface area contributed by atoms with Crippen molar-refractivity contribution in [3.8, 4) is 12.3 Å². The van der Waals surface area contributed by atoms with Gasteiger partial charge in [0.15, 0.2) is 0 Å². The smallest absolute Gasteiger partial charge is 0.243 e. The van der Waals surface area contributed by atoms with Crippen molar-refractivity contribution in [2.45, 2.75) is 24.3 Å². The highest BCUT2D eigenvalue weighted by atomic mass is 32.2. The van der Waals surface area contributed by atoms with E-state index in [1.165, 1.54) is 5.52 Å². The Hall–Kier alpha value is -2.55. The van der Waals surface area contributed by atoms with E-state index < -0.39 is 10.0 Å². The Morgan fingerprint density at radius 3 is 2.48 bits per heavy atom. The predicted molar refractivity (Wildman–Crippen MR) is 108 cm³/mol. The Balaban J connectivity index is 1.44. The third-order valence-corrected chi connectivity index (χ3v) is 7.26. The molecule has 0 unspecified atom stereocenters. The third kappa shape index (κ3) is 3.51. The molecule has 0 amide bonds. The van der Waals surface area contributed by atoms with E-state index in [0.717, 1.165) is 30.3 Å². The van der Waals surface area contributed by atoms with Gasteiger partial charge in [-0.2, -0.15) is 4.31 Å². The van der Waals surface area contributed by atoms with E-state index in [4.69, 9.17) is 6.42 Å². The van der Waals surface area contributed by atoms with Crippen LogP contribution in [0, 0.1) is 18.3 Å². The van der Waals surface area contributed by atoms with Crippen LogP contribution in [0.1, 0.15) is 18.4 Å². The quantitative estimate of drug-likeness (QED) is 0.649. The summed E-state index contributed by atoms with van der Waals surface area (Å²) in [7, 11) is -3.38. The van der Waals surface area contributed by atoms with E-state index in [2.05, 4.69) is 28.8 Å². The van der Waals surface area contributed by atoms with Gasteiger partial charge in [-0.25, -0.2) is 8.42 Å². The molecule has 0 saturated carbocycles. The van der Waals surface area contributed by atoms with Crippen molar-refractivity contribution in [3.63, 3.8) is 0 Å². The highest BCUT2D eigenvalue weighted by molar-refractivity contribution is 7.89. The van der Waals surface area contributed by atoms with Crippen LogP contribution in [0.3, 0.4) is 0 Å². The lowest BCUT2D eigenvalue weighted by Crippen LogP contribution is -2.39. The van der Waals surface area contributed by atoms with Gasteiger partial charge in [-0.15, -0.1) is 6.42 Å².